The van der Waals surface area contributed by atoms with E-state index in [0.29, 0.717) is 6.42 Å². The van der Waals surface area contributed by atoms with Gasteiger partial charge in [0.15, 0.2) is 0 Å². The highest BCUT2D eigenvalue weighted by atomic mass is 16.4. The normalized spacial score (nSPS) is 28.2. The summed E-state index contributed by atoms with van der Waals surface area (Å²) in [6, 6.07) is 7.85. The summed E-state index contributed by atoms with van der Waals surface area (Å²) in [5.41, 5.74) is 6.78. The third-order valence-electron chi connectivity index (χ3n) is 3.40. The first-order valence-corrected chi connectivity index (χ1v) is 5.21. The number of para-hydroxylation sites is 1. The lowest BCUT2D eigenvalue weighted by atomic mass is 10.1. The molecule has 0 bridgehead atoms. The van der Waals surface area contributed by atoms with Gasteiger partial charge in [-0.25, -0.2) is 0 Å². The average molecular weight is 216 g/mol. The lowest BCUT2D eigenvalue weighted by Crippen LogP contribution is -2.34. The lowest BCUT2D eigenvalue weighted by molar-refractivity contribution is -0.139. The van der Waals surface area contributed by atoms with Crippen LogP contribution in [0, 0.1) is 0 Å². The van der Waals surface area contributed by atoms with Crippen LogP contribution in [-0.4, -0.2) is 21.6 Å². The molecule has 1 heterocycles. The Hall–Kier alpha value is -1.81. The number of H-pyrrole nitrogens is 1. The molecule has 1 aromatic carbocycles. The second kappa shape index (κ2) is 2.86. The molecule has 3 rings (SSSR count). The number of carbonyl (C=O) groups is 1. The van der Waals surface area contributed by atoms with Crippen molar-refractivity contribution < 1.29 is 9.90 Å². The molecule has 0 aliphatic heterocycles. The van der Waals surface area contributed by atoms with Crippen LogP contribution in [0.25, 0.3) is 10.9 Å². The molecule has 4 N–H and O–H groups in total. The summed E-state index contributed by atoms with van der Waals surface area (Å²) in [4.78, 5) is 14.1. The maximum atomic E-state index is 11.0. The fourth-order valence-electron chi connectivity index (χ4n) is 2.28. The maximum Gasteiger partial charge on any atom is 0.324 e. The van der Waals surface area contributed by atoms with Crippen LogP contribution in [0.4, 0.5) is 0 Å². The molecule has 2 aromatic rings. The molecule has 1 saturated carbocycles. The molecule has 16 heavy (non-hydrogen) atoms. The zero-order chi connectivity index (χ0) is 11.3. The topological polar surface area (TPSA) is 79.1 Å². The molecule has 1 aliphatic carbocycles. The standard InChI is InChI=1S/C12H12N2O2/c13-12(11(15)16)5-9(12)8-6-14-10-4-2-1-3-7(8)10/h1-4,6,9,14H,5,13H2,(H,15,16)/t9-,12+/m0/s1. The largest absolute Gasteiger partial charge is 0.480 e. The number of hydrogen-bond donors (Lipinski definition) is 3. The SMILES string of the molecule is N[C@]1(C(=O)O)C[C@H]1c1c[nH]c2ccccc12. The van der Waals surface area contributed by atoms with Gasteiger partial charge in [-0.2, -0.15) is 0 Å². The van der Waals surface area contributed by atoms with E-state index in [0.717, 1.165) is 16.5 Å². The van der Waals surface area contributed by atoms with Crippen LogP contribution in [0.5, 0.6) is 0 Å². The van der Waals surface area contributed by atoms with E-state index in [1.165, 1.54) is 0 Å². The molecular formula is C12H12N2O2. The molecule has 4 nitrogen and oxygen atoms in total. The van der Waals surface area contributed by atoms with E-state index in [4.69, 9.17) is 10.8 Å². The smallest absolute Gasteiger partial charge is 0.324 e. The average Bonchev–Trinajstić information content (AvgIpc) is 2.80. The van der Waals surface area contributed by atoms with Gasteiger partial charge >= 0.3 is 5.97 Å². The fourth-order valence-corrected chi connectivity index (χ4v) is 2.28. The molecule has 82 valence electrons. The van der Waals surface area contributed by atoms with Crippen LogP contribution in [-0.2, 0) is 4.79 Å². The number of carboxylic acids is 1. The van der Waals surface area contributed by atoms with E-state index >= 15 is 0 Å². The number of aromatic nitrogens is 1. The Bertz CT molecular complexity index is 575. The van der Waals surface area contributed by atoms with Gasteiger partial charge in [0.1, 0.15) is 5.54 Å². The first kappa shape index (κ1) is 9.42. The molecule has 0 saturated heterocycles. The molecule has 4 heteroatoms. The Morgan fingerprint density at radius 1 is 1.50 bits per heavy atom. The maximum absolute atomic E-state index is 11.0. The zero-order valence-electron chi connectivity index (χ0n) is 8.60. The molecule has 0 spiro atoms. The number of nitrogens with one attached hydrogen (secondary N) is 1. The van der Waals surface area contributed by atoms with E-state index in [2.05, 4.69) is 4.98 Å². The molecule has 1 aliphatic rings. The Morgan fingerprint density at radius 3 is 2.94 bits per heavy atom. The third-order valence-corrected chi connectivity index (χ3v) is 3.40. The van der Waals surface area contributed by atoms with Gasteiger partial charge in [-0.05, 0) is 18.1 Å². The number of benzene rings is 1. The van der Waals surface area contributed by atoms with Gasteiger partial charge in [0.2, 0.25) is 0 Å². The summed E-state index contributed by atoms with van der Waals surface area (Å²) in [7, 11) is 0. The van der Waals surface area contributed by atoms with Crippen molar-refractivity contribution in [1.82, 2.24) is 4.98 Å². The third kappa shape index (κ3) is 1.10. The highest BCUT2D eigenvalue weighted by Gasteiger charge is 2.58. The Labute approximate surface area is 92.1 Å². The van der Waals surface area contributed by atoms with Crippen molar-refractivity contribution >= 4 is 16.9 Å². The van der Waals surface area contributed by atoms with Gasteiger partial charge in [-0.3, -0.25) is 4.79 Å². The highest BCUT2D eigenvalue weighted by molar-refractivity contribution is 5.90. The predicted molar refractivity (Wildman–Crippen MR) is 60.2 cm³/mol. The Kier molecular flexibility index (Phi) is 1.68. The second-order valence-corrected chi connectivity index (χ2v) is 4.39. The van der Waals surface area contributed by atoms with Crippen molar-refractivity contribution in [2.75, 3.05) is 0 Å². The number of carboxylic acid groups (broad SMARTS) is 1. The van der Waals surface area contributed by atoms with E-state index in [-0.39, 0.29) is 5.92 Å². The van der Waals surface area contributed by atoms with Crippen molar-refractivity contribution in [3.63, 3.8) is 0 Å². The molecule has 0 unspecified atom stereocenters. The van der Waals surface area contributed by atoms with Gasteiger partial charge < -0.3 is 15.8 Å². The van der Waals surface area contributed by atoms with Crippen molar-refractivity contribution in [2.24, 2.45) is 5.73 Å². The number of hydrogen-bond acceptors (Lipinski definition) is 2. The van der Waals surface area contributed by atoms with E-state index in [9.17, 15) is 4.79 Å². The van der Waals surface area contributed by atoms with Crippen LogP contribution in [0.3, 0.4) is 0 Å². The molecule has 1 aromatic heterocycles. The van der Waals surface area contributed by atoms with E-state index in [1.807, 2.05) is 30.5 Å². The quantitative estimate of drug-likeness (QED) is 0.710. The summed E-state index contributed by atoms with van der Waals surface area (Å²) >= 11 is 0. The second-order valence-electron chi connectivity index (χ2n) is 4.39. The van der Waals surface area contributed by atoms with Crippen molar-refractivity contribution in [1.29, 1.82) is 0 Å². The fraction of sp³-hybridized carbons (Fsp3) is 0.250. The molecule has 1 fully saturated rings. The van der Waals surface area contributed by atoms with Gasteiger partial charge in [0.05, 0.1) is 0 Å². The van der Waals surface area contributed by atoms with Crippen LogP contribution in [0.15, 0.2) is 30.5 Å². The van der Waals surface area contributed by atoms with Gasteiger partial charge in [-0.15, -0.1) is 0 Å². The summed E-state index contributed by atoms with van der Waals surface area (Å²) in [5.74, 6) is -0.982. The number of aromatic amines is 1. The molecule has 0 radical (unpaired) electrons. The molecule has 0 amide bonds. The predicted octanol–water partition coefficient (Wildman–Crippen LogP) is 1.44. The van der Waals surface area contributed by atoms with Crippen molar-refractivity contribution in [3.8, 4) is 0 Å². The van der Waals surface area contributed by atoms with Crippen LogP contribution in [0.2, 0.25) is 0 Å². The summed E-state index contributed by atoms with van der Waals surface area (Å²) in [6.07, 6.45) is 2.39. The lowest BCUT2D eigenvalue weighted by Gasteiger charge is -2.03. The highest BCUT2D eigenvalue weighted by Crippen LogP contribution is 2.51. The van der Waals surface area contributed by atoms with Gasteiger partial charge in [-0.1, -0.05) is 18.2 Å². The summed E-state index contributed by atoms with van der Waals surface area (Å²) in [6.45, 7) is 0. The monoisotopic (exact) mass is 216 g/mol. The van der Waals surface area contributed by atoms with Crippen molar-refractivity contribution in [2.45, 2.75) is 17.9 Å². The van der Waals surface area contributed by atoms with Gasteiger partial charge in [0.25, 0.3) is 0 Å². The first-order chi connectivity index (χ1) is 7.63. The number of nitrogens with two attached hydrogens (primary N) is 1. The Balaban J connectivity index is 2.06. The van der Waals surface area contributed by atoms with Crippen LogP contribution in [0.1, 0.15) is 17.9 Å². The Morgan fingerprint density at radius 2 is 2.25 bits per heavy atom. The van der Waals surface area contributed by atoms with Crippen LogP contribution < -0.4 is 5.73 Å². The minimum absolute atomic E-state index is 0.0684. The van der Waals surface area contributed by atoms with Gasteiger partial charge in [0, 0.05) is 23.0 Å². The molecular weight excluding hydrogens is 204 g/mol. The molecule has 2 atom stereocenters. The number of aliphatic carboxylic acids is 1. The summed E-state index contributed by atoms with van der Waals surface area (Å²) in [5, 5.41) is 10.1. The minimum atomic E-state index is -1.06. The summed E-state index contributed by atoms with van der Waals surface area (Å²) < 4.78 is 0. The number of rotatable bonds is 2. The zero-order valence-corrected chi connectivity index (χ0v) is 8.60. The van der Waals surface area contributed by atoms with E-state index < -0.39 is 11.5 Å². The minimum Gasteiger partial charge on any atom is -0.480 e. The van der Waals surface area contributed by atoms with E-state index in [1.54, 1.807) is 0 Å². The van der Waals surface area contributed by atoms with Crippen LogP contribution >= 0.6 is 0 Å². The first-order valence-electron chi connectivity index (χ1n) is 5.21. The van der Waals surface area contributed by atoms with Crippen molar-refractivity contribution in [3.05, 3.63) is 36.0 Å². The number of fused-ring (bicyclic) bond motifs is 1.